The Hall–Kier alpha value is -2.82. The summed E-state index contributed by atoms with van der Waals surface area (Å²) in [7, 11) is 0. The van der Waals surface area contributed by atoms with Crippen LogP contribution in [0.15, 0.2) is 48.7 Å². The quantitative estimate of drug-likeness (QED) is 0.698. The first-order chi connectivity index (χ1) is 13.1. The monoisotopic (exact) mass is 365 g/mol. The first-order valence-corrected chi connectivity index (χ1v) is 9.48. The second-order valence-electron chi connectivity index (χ2n) is 7.05. The predicted octanol–water partition coefficient (Wildman–Crippen LogP) is 4.14. The van der Waals surface area contributed by atoms with E-state index in [1.807, 2.05) is 53.8 Å². The Morgan fingerprint density at radius 3 is 2.52 bits per heavy atom. The fraction of sp³-hybridized carbons (Fsp3) is 0.318. The predicted molar refractivity (Wildman–Crippen MR) is 107 cm³/mol. The molecule has 140 valence electrons. The number of fused-ring (bicyclic) bond motifs is 1. The van der Waals surface area contributed by atoms with Crippen molar-refractivity contribution < 1.29 is 9.18 Å². The van der Waals surface area contributed by atoms with Crippen molar-refractivity contribution in [1.29, 1.82) is 0 Å². The van der Waals surface area contributed by atoms with Gasteiger partial charge >= 0.3 is 0 Å². The van der Waals surface area contributed by atoms with E-state index in [1.165, 1.54) is 6.07 Å². The van der Waals surface area contributed by atoms with Crippen molar-refractivity contribution in [3.05, 3.63) is 60.0 Å². The normalized spacial score (nSPS) is 14.8. The maximum absolute atomic E-state index is 14.1. The number of nitrogens with zero attached hydrogens (tertiary/aromatic N) is 3. The number of carbonyl (C=O) groups excluding carboxylic acids is 1. The van der Waals surface area contributed by atoms with Crippen molar-refractivity contribution in [3.63, 3.8) is 0 Å². The van der Waals surface area contributed by atoms with Gasteiger partial charge in [0.05, 0.1) is 5.52 Å². The number of anilines is 1. The van der Waals surface area contributed by atoms with Gasteiger partial charge in [0.15, 0.2) is 0 Å². The van der Waals surface area contributed by atoms with Gasteiger partial charge in [-0.3, -0.25) is 4.79 Å². The number of piperazine rings is 1. The molecular formula is C22H24FN3O. The van der Waals surface area contributed by atoms with E-state index < -0.39 is 0 Å². The molecule has 5 heteroatoms. The molecule has 0 radical (unpaired) electrons. The molecule has 2 aromatic carbocycles. The molecule has 1 aromatic heterocycles. The van der Waals surface area contributed by atoms with Gasteiger partial charge < -0.3 is 14.4 Å². The van der Waals surface area contributed by atoms with Crippen molar-refractivity contribution in [1.82, 2.24) is 9.47 Å². The summed E-state index contributed by atoms with van der Waals surface area (Å²) in [5.41, 5.74) is 4.11. The van der Waals surface area contributed by atoms with E-state index in [2.05, 4.69) is 17.0 Å². The lowest BCUT2D eigenvalue weighted by atomic mass is 10.1. The summed E-state index contributed by atoms with van der Waals surface area (Å²) in [5, 5.41) is 0.645. The van der Waals surface area contributed by atoms with Crippen LogP contribution in [0.25, 0.3) is 16.6 Å². The molecule has 1 aliphatic heterocycles. The fourth-order valence-corrected chi connectivity index (χ4v) is 3.89. The Morgan fingerprint density at radius 1 is 1.04 bits per heavy atom. The van der Waals surface area contributed by atoms with Crippen molar-refractivity contribution in [3.8, 4) is 5.69 Å². The third-order valence-corrected chi connectivity index (χ3v) is 5.40. The van der Waals surface area contributed by atoms with Crippen molar-refractivity contribution in [2.75, 3.05) is 31.1 Å². The number of halogens is 1. The molecule has 3 aromatic rings. The van der Waals surface area contributed by atoms with Crippen LogP contribution in [0.5, 0.6) is 0 Å². The summed E-state index contributed by atoms with van der Waals surface area (Å²) in [6.07, 6.45) is 2.49. The molecule has 1 aliphatic rings. The minimum absolute atomic E-state index is 0.192. The molecule has 0 bridgehead atoms. The summed E-state index contributed by atoms with van der Waals surface area (Å²) in [5.74, 6) is 0.0296. The number of benzene rings is 2. The highest BCUT2D eigenvalue weighted by Crippen LogP contribution is 2.28. The van der Waals surface area contributed by atoms with Gasteiger partial charge in [0.2, 0.25) is 5.91 Å². The van der Waals surface area contributed by atoms with E-state index in [9.17, 15) is 9.18 Å². The van der Waals surface area contributed by atoms with Crippen LogP contribution in [0.4, 0.5) is 10.1 Å². The zero-order valence-corrected chi connectivity index (χ0v) is 15.8. The van der Waals surface area contributed by atoms with Gasteiger partial charge in [0.25, 0.3) is 0 Å². The number of amides is 1. The maximum atomic E-state index is 14.1. The van der Waals surface area contributed by atoms with Crippen LogP contribution in [0.1, 0.15) is 18.9 Å². The van der Waals surface area contributed by atoms with Gasteiger partial charge in [-0.1, -0.05) is 19.1 Å². The average molecular weight is 365 g/mol. The third kappa shape index (κ3) is 3.18. The number of aryl methyl sites for hydroxylation is 1. The van der Waals surface area contributed by atoms with Gasteiger partial charge in [-0.2, -0.15) is 0 Å². The topological polar surface area (TPSA) is 28.5 Å². The molecule has 0 atom stereocenters. The zero-order chi connectivity index (χ0) is 19.0. The number of rotatable bonds is 3. The van der Waals surface area contributed by atoms with E-state index in [0.29, 0.717) is 11.8 Å². The molecule has 4 nitrogen and oxygen atoms in total. The summed E-state index contributed by atoms with van der Waals surface area (Å²) in [6, 6.07) is 13.5. The lowest BCUT2D eigenvalue weighted by molar-refractivity contribution is -0.131. The third-order valence-electron chi connectivity index (χ3n) is 5.40. The van der Waals surface area contributed by atoms with Crippen LogP contribution in [0.3, 0.4) is 0 Å². The Balaban J connectivity index is 1.63. The molecule has 1 amide bonds. The first-order valence-electron chi connectivity index (χ1n) is 9.48. The van der Waals surface area contributed by atoms with Gasteiger partial charge in [-0.05, 0) is 42.8 Å². The smallest absolute Gasteiger partial charge is 0.222 e. The number of carbonyl (C=O) groups is 1. The standard InChI is InChI=1S/C22H24FN3O/c1-3-21(27)25-13-11-24(12-14-25)17-5-4-6-18(15-17)26-10-9-19-20(23)8-7-16(2)22(19)26/h4-10,15H,3,11-14H2,1-2H3. The minimum Gasteiger partial charge on any atom is -0.368 e. The van der Waals surface area contributed by atoms with Crippen LogP contribution in [-0.2, 0) is 4.79 Å². The number of hydrogen-bond acceptors (Lipinski definition) is 2. The Kier molecular flexibility index (Phi) is 4.60. The Morgan fingerprint density at radius 2 is 1.78 bits per heavy atom. The molecule has 0 unspecified atom stereocenters. The SMILES string of the molecule is CCC(=O)N1CCN(c2cccc(-n3ccc4c(F)ccc(C)c43)c2)CC1. The van der Waals surface area contributed by atoms with Crippen molar-refractivity contribution in [2.24, 2.45) is 0 Å². The van der Waals surface area contributed by atoms with E-state index in [0.717, 1.165) is 48.6 Å². The zero-order valence-electron chi connectivity index (χ0n) is 15.8. The molecule has 4 rings (SSSR count). The van der Waals surface area contributed by atoms with E-state index in [-0.39, 0.29) is 11.7 Å². The Bertz CT molecular complexity index is 986. The van der Waals surface area contributed by atoms with Crippen LogP contribution >= 0.6 is 0 Å². The summed E-state index contributed by atoms with van der Waals surface area (Å²) < 4.78 is 16.2. The molecule has 2 heterocycles. The second kappa shape index (κ2) is 7.06. The Labute approximate surface area is 158 Å². The van der Waals surface area contributed by atoms with Crippen molar-refractivity contribution >= 4 is 22.5 Å². The van der Waals surface area contributed by atoms with Crippen LogP contribution in [0, 0.1) is 12.7 Å². The van der Waals surface area contributed by atoms with Crippen molar-refractivity contribution in [2.45, 2.75) is 20.3 Å². The molecule has 0 spiro atoms. The molecule has 1 fully saturated rings. The van der Waals surface area contributed by atoms with Crippen LogP contribution in [-0.4, -0.2) is 41.6 Å². The van der Waals surface area contributed by atoms with E-state index >= 15 is 0 Å². The molecule has 0 saturated carbocycles. The summed E-state index contributed by atoms with van der Waals surface area (Å²) >= 11 is 0. The van der Waals surface area contributed by atoms with Gasteiger partial charge in [-0.25, -0.2) is 4.39 Å². The molecule has 1 saturated heterocycles. The number of aromatic nitrogens is 1. The molecule has 0 N–H and O–H groups in total. The van der Waals surface area contributed by atoms with Crippen LogP contribution in [0.2, 0.25) is 0 Å². The first kappa shape index (κ1) is 17.6. The van der Waals surface area contributed by atoms with Crippen LogP contribution < -0.4 is 4.90 Å². The maximum Gasteiger partial charge on any atom is 0.222 e. The van der Waals surface area contributed by atoms with Gasteiger partial charge in [0.1, 0.15) is 5.82 Å². The highest BCUT2D eigenvalue weighted by Gasteiger charge is 2.20. The minimum atomic E-state index is -0.192. The molecule has 0 aliphatic carbocycles. The largest absolute Gasteiger partial charge is 0.368 e. The highest BCUT2D eigenvalue weighted by atomic mass is 19.1. The summed E-state index contributed by atoms with van der Waals surface area (Å²) in [4.78, 5) is 16.1. The fourth-order valence-electron chi connectivity index (χ4n) is 3.89. The van der Waals surface area contributed by atoms with Gasteiger partial charge in [0, 0.05) is 55.6 Å². The van der Waals surface area contributed by atoms with E-state index in [1.54, 1.807) is 0 Å². The second-order valence-corrected chi connectivity index (χ2v) is 7.05. The highest BCUT2D eigenvalue weighted by molar-refractivity contribution is 5.85. The lowest BCUT2D eigenvalue weighted by Gasteiger charge is -2.36. The van der Waals surface area contributed by atoms with Gasteiger partial charge in [-0.15, -0.1) is 0 Å². The number of hydrogen-bond donors (Lipinski definition) is 0. The van der Waals surface area contributed by atoms with E-state index in [4.69, 9.17) is 0 Å². The summed E-state index contributed by atoms with van der Waals surface area (Å²) in [6.45, 7) is 7.09. The molecular weight excluding hydrogens is 341 g/mol. The average Bonchev–Trinajstić information content (AvgIpc) is 3.17. The molecule has 27 heavy (non-hydrogen) atoms. The lowest BCUT2D eigenvalue weighted by Crippen LogP contribution is -2.48.